The number of phenols is 1. The van der Waals surface area contributed by atoms with E-state index in [4.69, 9.17) is 39.5 Å². The second-order valence-electron chi connectivity index (χ2n) is 12.1. The van der Waals surface area contributed by atoms with E-state index < -0.39 is 104 Å². The normalized spacial score (nSPS) is 29.2. The second-order valence-corrected chi connectivity index (χ2v) is 13.8. The molecule has 1 saturated carbocycles. The lowest BCUT2D eigenvalue weighted by Crippen LogP contribution is -2.60. The van der Waals surface area contributed by atoms with Crippen LogP contribution in [0.1, 0.15) is 24.3 Å². The van der Waals surface area contributed by atoms with Crippen LogP contribution >= 0.6 is 34.8 Å². The number of halogens is 8. The fourth-order valence-electron chi connectivity index (χ4n) is 7.65. The van der Waals surface area contributed by atoms with E-state index in [0.29, 0.717) is 5.02 Å². The van der Waals surface area contributed by atoms with Crippen molar-refractivity contribution in [2.24, 2.45) is 17.8 Å². The van der Waals surface area contributed by atoms with Gasteiger partial charge in [0.15, 0.2) is 33.0 Å². The number of phenolic OH excluding ortho intramolecular Hbond substituents is 1. The molecule has 2 heterocycles. The molecule has 3 fully saturated rings. The molecule has 254 valence electrons. The number of hydrogen-bond acceptors (Lipinski definition) is 6. The van der Waals surface area contributed by atoms with Gasteiger partial charge in [0.2, 0.25) is 17.6 Å². The van der Waals surface area contributed by atoms with Gasteiger partial charge >= 0.3 is 0 Å². The minimum atomic E-state index is -2.79. The average molecular weight is 742 g/mol. The molecule has 2 saturated heterocycles. The van der Waals surface area contributed by atoms with Gasteiger partial charge in [-0.3, -0.25) is 24.1 Å². The van der Waals surface area contributed by atoms with Gasteiger partial charge in [-0.1, -0.05) is 23.3 Å². The van der Waals surface area contributed by atoms with Gasteiger partial charge in [0.25, 0.3) is 11.8 Å². The van der Waals surface area contributed by atoms with E-state index in [2.05, 4.69) is 0 Å². The third-order valence-electron chi connectivity index (χ3n) is 9.85. The maximum absolute atomic E-state index is 15.2. The summed E-state index contributed by atoms with van der Waals surface area (Å²) in [6.45, 7) is 0. The summed E-state index contributed by atoms with van der Waals surface area (Å²) < 4.78 is 78.5. The molecule has 16 heteroatoms. The quantitative estimate of drug-likeness (QED) is 0.0817. The highest BCUT2D eigenvalue weighted by Gasteiger charge is 2.77. The second kappa shape index (κ2) is 11.2. The van der Waals surface area contributed by atoms with Crippen molar-refractivity contribution in [3.63, 3.8) is 0 Å². The zero-order valence-corrected chi connectivity index (χ0v) is 27.0. The zero-order chi connectivity index (χ0) is 35.5. The predicted octanol–water partition coefficient (Wildman–Crippen LogP) is 6.52. The third kappa shape index (κ3) is 4.27. The Morgan fingerprint density at radius 1 is 0.816 bits per heavy atom. The molecule has 6 unspecified atom stereocenters. The van der Waals surface area contributed by atoms with Crippen molar-refractivity contribution in [2.45, 2.75) is 28.5 Å². The molecular formula is C33H20Cl3F5N2O6. The number of aromatic hydroxyl groups is 1. The summed E-state index contributed by atoms with van der Waals surface area (Å²) in [6, 6.07) is 9.64. The number of carbonyl (C=O) groups excluding carboxylic acids is 4. The van der Waals surface area contributed by atoms with Crippen molar-refractivity contribution in [2.75, 3.05) is 16.9 Å². The van der Waals surface area contributed by atoms with Gasteiger partial charge in [-0.25, -0.2) is 26.9 Å². The van der Waals surface area contributed by atoms with Gasteiger partial charge in [0.1, 0.15) is 17.2 Å². The number of carbonyl (C=O) groups is 4. The molecule has 49 heavy (non-hydrogen) atoms. The van der Waals surface area contributed by atoms with E-state index in [1.54, 1.807) is 0 Å². The third-order valence-corrected chi connectivity index (χ3v) is 11.5. The average Bonchev–Trinajstić information content (AvgIpc) is 3.42. The van der Waals surface area contributed by atoms with Gasteiger partial charge in [0, 0.05) is 16.5 Å². The molecule has 4 amide bonds. The fourth-order valence-corrected chi connectivity index (χ4v) is 8.70. The van der Waals surface area contributed by atoms with E-state index in [1.165, 1.54) is 55.7 Å². The van der Waals surface area contributed by atoms with Gasteiger partial charge in [-0.2, -0.15) is 0 Å². The van der Waals surface area contributed by atoms with Crippen LogP contribution in [0.25, 0.3) is 0 Å². The Morgan fingerprint density at radius 2 is 1.43 bits per heavy atom. The van der Waals surface area contributed by atoms with Crippen LogP contribution < -0.4 is 14.5 Å². The molecule has 3 aromatic rings. The van der Waals surface area contributed by atoms with Crippen LogP contribution in [0.4, 0.5) is 33.3 Å². The highest BCUT2D eigenvalue weighted by Crippen LogP contribution is 2.67. The number of fused-ring (bicyclic) bond motifs is 4. The summed E-state index contributed by atoms with van der Waals surface area (Å²) >= 11 is 20.2. The summed E-state index contributed by atoms with van der Waals surface area (Å²) in [4.78, 5) is 51.6. The number of rotatable bonds is 4. The monoisotopic (exact) mass is 740 g/mol. The SMILES string of the molecule is COc1ccc(O)c(C2C3=CCC4C(=O)N(c5ccc(Cl)cc5)C(=O)C4C3CC3(Cl)C(=O)N(c4c(F)c(F)c(F)c(F)c4F)C(=O)C23Cl)c1. The predicted molar refractivity (Wildman–Crippen MR) is 165 cm³/mol. The lowest BCUT2D eigenvalue weighted by molar-refractivity contribution is -0.125. The number of nitrogens with zero attached hydrogens (tertiary/aromatic N) is 2. The number of anilines is 2. The highest BCUT2D eigenvalue weighted by atomic mass is 35.5. The minimum Gasteiger partial charge on any atom is -0.508 e. The van der Waals surface area contributed by atoms with Crippen LogP contribution in [0.15, 0.2) is 54.1 Å². The fraction of sp³-hybridized carbons (Fsp3) is 0.273. The van der Waals surface area contributed by atoms with Crippen LogP contribution in [-0.4, -0.2) is 45.6 Å². The van der Waals surface area contributed by atoms with E-state index >= 15 is 8.78 Å². The number of ether oxygens (including phenoxy) is 1. The van der Waals surface area contributed by atoms with Crippen LogP contribution in [0.2, 0.25) is 5.02 Å². The van der Waals surface area contributed by atoms with Crippen molar-refractivity contribution in [1.29, 1.82) is 0 Å². The van der Waals surface area contributed by atoms with Gasteiger partial charge in [-0.15, -0.1) is 23.2 Å². The molecule has 3 aromatic carbocycles. The standard InChI is InChI=1S/C33H20Cl3F5N2O6/c1-49-14-6-9-19(44)17(10-14)21-15-7-8-16-20(29(46)42(28(16)45)13-4-2-12(34)3-5-13)18(15)11-32(35)30(47)43(31(48)33(21,32)36)27-25(40)23(38)22(37)24(39)26(27)41/h2-7,9-10,16,18,20-21,44H,8,11H2,1H3. The highest BCUT2D eigenvalue weighted by molar-refractivity contribution is 6.58. The first-order valence-electron chi connectivity index (χ1n) is 14.6. The Balaban J connectivity index is 1.45. The number of alkyl halides is 2. The van der Waals surface area contributed by atoms with Crippen LogP contribution in [-0.2, 0) is 19.2 Å². The number of methoxy groups -OCH3 is 1. The molecule has 0 spiro atoms. The minimum absolute atomic E-state index is 0.0713. The molecule has 4 aliphatic rings. The molecule has 8 nitrogen and oxygen atoms in total. The van der Waals surface area contributed by atoms with E-state index in [-0.39, 0.29) is 33.9 Å². The molecule has 1 N–H and O–H groups in total. The summed E-state index contributed by atoms with van der Waals surface area (Å²) in [5, 5.41) is 11.5. The summed E-state index contributed by atoms with van der Waals surface area (Å²) in [5.74, 6) is -22.3. The lowest BCUT2D eigenvalue weighted by Gasteiger charge is -2.50. The molecule has 0 aromatic heterocycles. The first kappa shape index (κ1) is 33.3. The van der Waals surface area contributed by atoms with E-state index in [9.17, 15) is 37.5 Å². The maximum atomic E-state index is 15.2. The smallest absolute Gasteiger partial charge is 0.258 e. The molecule has 2 aliphatic carbocycles. The topological polar surface area (TPSA) is 104 Å². The van der Waals surface area contributed by atoms with Crippen molar-refractivity contribution in [3.8, 4) is 11.5 Å². The largest absolute Gasteiger partial charge is 0.508 e. The van der Waals surface area contributed by atoms with Crippen molar-refractivity contribution in [3.05, 3.63) is 93.8 Å². The summed E-state index contributed by atoms with van der Waals surface area (Å²) in [5.41, 5.74) is -1.69. The molecule has 6 atom stereocenters. The van der Waals surface area contributed by atoms with Gasteiger partial charge < -0.3 is 9.84 Å². The molecule has 0 bridgehead atoms. The van der Waals surface area contributed by atoms with Crippen LogP contribution in [0.3, 0.4) is 0 Å². The Hall–Kier alpha value is -4.20. The maximum Gasteiger partial charge on any atom is 0.258 e. The number of benzene rings is 3. The molecule has 7 rings (SSSR count). The Bertz CT molecular complexity index is 2040. The number of amides is 4. The Kier molecular flexibility index (Phi) is 7.58. The van der Waals surface area contributed by atoms with E-state index in [0.717, 1.165) is 4.90 Å². The number of hydrogen-bond donors (Lipinski definition) is 1. The molecule has 0 radical (unpaired) electrons. The van der Waals surface area contributed by atoms with Gasteiger partial charge in [-0.05, 0) is 61.2 Å². The first-order valence-corrected chi connectivity index (χ1v) is 15.7. The number of imide groups is 2. The lowest BCUT2D eigenvalue weighted by atomic mass is 9.56. The van der Waals surface area contributed by atoms with Crippen molar-refractivity contribution < 1.29 is 51.0 Å². The summed E-state index contributed by atoms with van der Waals surface area (Å²) in [7, 11) is 1.29. The zero-order valence-electron chi connectivity index (χ0n) is 24.7. The van der Waals surface area contributed by atoms with Crippen molar-refractivity contribution >= 4 is 69.8 Å². The molecular weight excluding hydrogens is 722 g/mol. The van der Waals surface area contributed by atoms with Crippen LogP contribution in [0.5, 0.6) is 11.5 Å². The Morgan fingerprint density at radius 3 is 2.04 bits per heavy atom. The summed E-state index contributed by atoms with van der Waals surface area (Å²) in [6.07, 6.45) is 0.764. The van der Waals surface area contributed by atoms with Crippen molar-refractivity contribution in [1.82, 2.24) is 0 Å². The first-order chi connectivity index (χ1) is 23.1. The van der Waals surface area contributed by atoms with E-state index in [1.807, 2.05) is 0 Å². The molecule has 2 aliphatic heterocycles. The Labute approximate surface area is 288 Å². The number of allylic oxidation sites excluding steroid dienone is 2. The van der Waals surface area contributed by atoms with Gasteiger partial charge in [0.05, 0.1) is 24.6 Å². The van der Waals surface area contributed by atoms with Crippen LogP contribution in [0, 0.1) is 46.8 Å².